The van der Waals surface area contributed by atoms with Crippen molar-refractivity contribution in [2.45, 2.75) is 19.5 Å². The van der Waals surface area contributed by atoms with Crippen LogP contribution in [0.3, 0.4) is 0 Å². The van der Waals surface area contributed by atoms with E-state index in [0.29, 0.717) is 6.54 Å². The Morgan fingerprint density at radius 1 is 1.11 bits per heavy atom. The molecular formula is C16H17FN2. The van der Waals surface area contributed by atoms with Crippen LogP contribution in [0.2, 0.25) is 0 Å². The zero-order valence-corrected chi connectivity index (χ0v) is 10.8. The molecule has 0 atom stereocenters. The number of hydrogen-bond acceptors (Lipinski definition) is 2. The third-order valence-electron chi connectivity index (χ3n) is 3.67. The van der Waals surface area contributed by atoms with E-state index in [4.69, 9.17) is 5.73 Å². The zero-order valence-electron chi connectivity index (χ0n) is 10.8. The molecule has 2 aromatic rings. The topological polar surface area (TPSA) is 29.3 Å². The Bertz CT molecular complexity index is 595. The summed E-state index contributed by atoms with van der Waals surface area (Å²) in [6.07, 6.45) is 1.00. The van der Waals surface area contributed by atoms with E-state index in [1.807, 2.05) is 24.3 Å². The number of benzene rings is 2. The van der Waals surface area contributed by atoms with Gasteiger partial charge in [-0.2, -0.15) is 0 Å². The van der Waals surface area contributed by atoms with Crippen LogP contribution >= 0.6 is 0 Å². The standard InChI is InChI=1S/C16H17FN2/c17-16-4-2-1-3-13(16)10-19-8-7-12-5-6-15(18)9-14(12)11-19/h1-6,9H,7-8,10-11,18H2. The number of rotatable bonds is 2. The first-order valence-electron chi connectivity index (χ1n) is 6.55. The molecule has 0 unspecified atom stereocenters. The van der Waals surface area contributed by atoms with Gasteiger partial charge in [0.25, 0.3) is 0 Å². The monoisotopic (exact) mass is 256 g/mol. The van der Waals surface area contributed by atoms with Crippen molar-refractivity contribution in [2.24, 2.45) is 0 Å². The SMILES string of the molecule is Nc1ccc2c(c1)CN(Cc1ccccc1F)CC2. The van der Waals surface area contributed by atoms with Crippen LogP contribution in [-0.4, -0.2) is 11.4 Å². The highest BCUT2D eigenvalue weighted by atomic mass is 19.1. The second kappa shape index (κ2) is 5.02. The zero-order chi connectivity index (χ0) is 13.2. The molecule has 3 rings (SSSR count). The molecule has 0 bridgehead atoms. The van der Waals surface area contributed by atoms with Crippen molar-refractivity contribution in [3.8, 4) is 0 Å². The number of fused-ring (bicyclic) bond motifs is 1. The number of nitrogens with two attached hydrogens (primary N) is 1. The molecule has 0 amide bonds. The second-order valence-electron chi connectivity index (χ2n) is 5.08. The summed E-state index contributed by atoms with van der Waals surface area (Å²) in [5, 5.41) is 0. The van der Waals surface area contributed by atoms with Crippen molar-refractivity contribution < 1.29 is 4.39 Å². The Labute approximate surface area is 112 Å². The van der Waals surface area contributed by atoms with Gasteiger partial charge in [0.05, 0.1) is 0 Å². The summed E-state index contributed by atoms with van der Waals surface area (Å²) in [4.78, 5) is 2.26. The van der Waals surface area contributed by atoms with E-state index < -0.39 is 0 Å². The maximum absolute atomic E-state index is 13.7. The van der Waals surface area contributed by atoms with Gasteiger partial charge in [0.1, 0.15) is 5.82 Å². The Morgan fingerprint density at radius 3 is 2.79 bits per heavy atom. The molecule has 0 fully saturated rings. The average Bonchev–Trinajstić information content (AvgIpc) is 2.41. The lowest BCUT2D eigenvalue weighted by atomic mass is 9.98. The highest BCUT2D eigenvalue weighted by Crippen LogP contribution is 2.23. The fourth-order valence-corrected chi connectivity index (χ4v) is 2.64. The summed E-state index contributed by atoms with van der Waals surface area (Å²) in [5.74, 6) is -0.124. The first kappa shape index (κ1) is 12.2. The van der Waals surface area contributed by atoms with Crippen LogP contribution in [0.4, 0.5) is 10.1 Å². The van der Waals surface area contributed by atoms with Crippen molar-refractivity contribution >= 4 is 5.69 Å². The molecule has 3 heteroatoms. The summed E-state index contributed by atoms with van der Waals surface area (Å²) in [5.41, 5.74) is 10.0. The van der Waals surface area contributed by atoms with E-state index in [1.54, 1.807) is 6.07 Å². The van der Waals surface area contributed by atoms with E-state index in [0.717, 1.165) is 30.8 Å². The fraction of sp³-hybridized carbons (Fsp3) is 0.250. The lowest BCUT2D eigenvalue weighted by Gasteiger charge is -2.29. The molecule has 0 aromatic heterocycles. The smallest absolute Gasteiger partial charge is 0.127 e. The number of nitrogen functional groups attached to an aromatic ring is 1. The third kappa shape index (κ3) is 2.61. The Hall–Kier alpha value is -1.87. The highest BCUT2D eigenvalue weighted by Gasteiger charge is 2.17. The summed E-state index contributed by atoms with van der Waals surface area (Å²) in [7, 11) is 0. The molecule has 2 aromatic carbocycles. The van der Waals surface area contributed by atoms with Crippen LogP contribution < -0.4 is 5.73 Å². The van der Waals surface area contributed by atoms with Crippen LogP contribution in [0, 0.1) is 5.82 Å². The van der Waals surface area contributed by atoms with Gasteiger partial charge in [0, 0.05) is 30.9 Å². The molecule has 0 spiro atoms. The first-order chi connectivity index (χ1) is 9.22. The summed E-state index contributed by atoms with van der Waals surface area (Å²) in [6.45, 7) is 2.46. The summed E-state index contributed by atoms with van der Waals surface area (Å²) < 4.78 is 13.7. The van der Waals surface area contributed by atoms with Gasteiger partial charge in [0.15, 0.2) is 0 Å². The maximum atomic E-state index is 13.7. The van der Waals surface area contributed by atoms with Crippen molar-refractivity contribution in [3.63, 3.8) is 0 Å². The molecule has 1 heterocycles. The van der Waals surface area contributed by atoms with E-state index in [1.165, 1.54) is 17.2 Å². The third-order valence-corrected chi connectivity index (χ3v) is 3.67. The van der Waals surface area contributed by atoms with Gasteiger partial charge in [-0.3, -0.25) is 4.90 Å². The largest absolute Gasteiger partial charge is 0.399 e. The van der Waals surface area contributed by atoms with Gasteiger partial charge in [-0.25, -0.2) is 4.39 Å². The lowest BCUT2D eigenvalue weighted by molar-refractivity contribution is 0.242. The van der Waals surface area contributed by atoms with E-state index in [9.17, 15) is 4.39 Å². The van der Waals surface area contributed by atoms with Crippen LogP contribution in [0.15, 0.2) is 42.5 Å². The predicted molar refractivity (Wildman–Crippen MR) is 75.1 cm³/mol. The molecule has 98 valence electrons. The van der Waals surface area contributed by atoms with Gasteiger partial charge in [-0.15, -0.1) is 0 Å². The Morgan fingerprint density at radius 2 is 1.95 bits per heavy atom. The average molecular weight is 256 g/mol. The van der Waals surface area contributed by atoms with Gasteiger partial charge in [-0.1, -0.05) is 24.3 Å². The van der Waals surface area contributed by atoms with Crippen molar-refractivity contribution in [1.82, 2.24) is 4.90 Å². The number of nitrogens with zero attached hydrogens (tertiary/aromatic N) is 1. The first-order valence-corrected chi connectivity index (χ1v) is 6.55. The Kier molecular flexibility index (Phi) is 3.22. The van der Waals surface area contributed by atoms with Gasteiger partial charge < -0.3 is 5.73 Å². The molecule has 0 saturated heterocycles. The van der Waals surface area contributed by atoms with Crippen LogP contribution in [0.5, 0.6) is 0 Å². The summed E-state index contributed by atoms with van der Waals surface area (Å²) >= 11 is 0. The number of anilines is 1. The highest BCUT2D eigenvalue weighted by molar-refractivity contribution is 5.45. The van der Waals surface area contributed by atoms with Crippen LogP contribution in [0.25, 0.3) is 0 Å². The molecule has 1 aliphatic rings. The molecule has 2 nitrogen and oxygen atoms in total. The predicted octanol–water partition coefficient (Wildman–Crippen LogP) is 2.97. The molecule has 19 heavy (non-hydrogen) atoms. The van der Waals surface area contributed by atoms with Gasteiger partial charge in [0.2, 0.25) is 0 Å². The van der Waals surface area contributed by atoms with Crippen molar-refractivity contribution in [1.29, 1.82) is 0 Å². The molecular weight excluding hydrogens is 239 g/mol. The Balaban J connectivity index is 1.77. The van der Waals surface area contributed by atoms with E-state index >= 15 is 0 Å². The van der Waals surface area contributed by atoms with Crippen LogP contribution in [-0.2, 0) is 19.5 Å². The molecule has 1 aliphatic heterocycles. The van der Waals surface area contributed by atoms with Crippen molar-refractivity contribution in [3.05, 3.63) is 65.0 Å². The molecule has 2 N–H and O–H groups in total. The minimum absolute atomic E-state index is 0.124. The number of halogens is 1. The molecule has 0 aliphatic carbocycles. The van der Waals surface area contributed by atoms with Crippen molar-refractivity contribution in [2.75, 3.05) is 12.3 Å². The van der Waals surface area contributed by atoms with Gasteiger partial charge >= 0.3 is 0 Å². The van der Waals surface area contributed by atoms with Gasteiger partial charge in [-0.05, 0) is 35.7 Å². The minimum Gasteiger partial charge on any atom is -0.399 e. The molecule has 0 saturated carbocycles. The summed E-state index contributed by atoms with van der Waals surface area (Å²) in [6, 6.07) is 13.1. The van der Waals surface area contributed by atoms with E-state index in [-0.39, 0.29) is 5.82 Å². The molecule has 0 radical (unpaired) electrons. The second-order valence-corrected chi connectivity index (χ2v) is 5.08. The maximum Gasteiger partial charge on any atom is 0.127 e. The normalized spacial score (nSPS) is 15.2. The minimum atomic E-state index is -0.124. The fourth-order valence-electron chi connectivity index (χ4n) is 2.64. The van der Waals surface area contributed by atoms with Crippen LogP contribution in [0.1, 0.15) is 16.7 Å². The quantitative estimate of drug-likeness (QED) is 0.837. The number of hydrogen-bond donors (Lipinski definition) is 1. The van der Waals surface area contributed by atoms with E-state index in [2.05, 4.69) is 11.0 Å². The lowest BCUT2D eigenvalue weighted by Crippen LogP contribution is -2.30.